The number of nitrogens with two attached hydrogens (primary N) is 1. The van der Waals surface area contributed by atoms with Gasteiger partial charge in [-0.15, -0.1) is 11.3 Å². The second-order valence-electron chi connectivity index (χ2n) is 5.37. The van der Waals surface area contributed by atoms with E-state index in [1.54, 1.807) is 29.6 Å². The summed E-state index contributed by atoms with van der Waals surface area (Å²) in [6.07, 6.45) is 0.379. The third-order valence-electron chi connectivity index (χ3n) is 3.75. The average molecular weight is 397 g/mol. The highest BCUT2D eigenvalue weighted by molar-refractivity contribution is 7.89. The smallest absolute Gasteiger partial charge is 0.273 e. The van der Waals surface area contributed by atoms with Crippen molar-refractivity contribution in [3.63, 3.8) is 0 Å². The molecule has 0 saturated heterocycles. The maximum atomic E-state index is 12.5. The molecule has 0 radical (unpaired) electrons. The van der Waals surface area contributed by atoms with Crippen LogP contribution < -0.4 is 5.14 Å². The molecular weight excluding hydrogens is 384 g/mol. The van der Waals surface area contributed by atoms with Crippen molar-refractivity contribution >= 4 is 50.3 Å². The van der Waals surface area contributed by atoms with Gasteiger partial charge < -0.3 is 0 Å². The van der Waals surface area contributed by atoms with E-state index in [1.165, 1.54) is 23.5 Å². The zero-order valence-corrected chi connectivity index (χ0v) is 15.2. The number of rotatable bonds is 5. The van der Waals surface area contributed by atoms with E-state index < -0.39 is 21.8 Å². The second kappa shape index (κ2) is 6.72. The Morgan fingerprint density at radius 3 is 2.32 bits per heavy atom. The Hall–Kier alpha value is -2.00. The summed E-state index contributed by atoms with van der Waals surface area (Å²) in [5.74, 6) is -0.935. The van der Waals surface area contributed by atoms with Crippen molar-refractivity contribution in [1.29, 1.82) is 0 Å². The van der Waals surface area contributed by atoms with Gasteiger partial charge in [0, 0.05) is 11.4 Å². The van der Waals surface area contributed by atoms with E-state index in [0.717, 1.165) is 10.5 Å². The minimum atomic E-state index is -3.75. The van der Waals surface area contributed by atoms with Gasteiger partial charge in [-0.3, -0.25) is 14.5 Å². The number of thiophene rings is 1. The lowest BCUT2D eigenvalue weighted by molar-refractivity contribution is -0.136. The number of imide groups is 1. The quantitative estimate of drug-likeness (QED) is 0.781. The number of hydrogen-bond acceptors (Lipinski definition) is 5. The van der Waals surface area contributed by atoms with Crippen molar-refractivity contribution in [3.8, 4) is 0 Å². The van der Waals surface area contributed by atoms with Crippen LogP contribution in [0.1, 0.15) is 10.4 Å². The molecule has 3 rings (SSSR count). The van der Waals surface area contributed by atoms with Crippen LogP contribution in [-0.4, -0.2) is 31.7 Å². The van der Waals surface area contributed by atoms with Crippen LogP contribution in [0.15, 0.2) is 51.7 Å². The zero-order valence-electron chi connectivity index (χ0n) is 12.8. The van der Waals surface area contributed by atoms with Crippen LogP contribution in [-0.2, 0) is 26.0 Å². The predicted molar refractivity (Wildman–Crippen MR) is 95.3 cm³/mol. The Labute approximate surface area is 153 Å². The summed E-state index contributed by atoms with van der Waals surface area (Å²) in [5, 5.41) is 6.78. The zero-order chi connectivity index (χ0) is 18.2. The monoisotopic (exact) mass is 396 g/mol. The average Bonchev–Trinajstić information content (AvgIpc) is 3.14. The molecule has 0 unspecified atom stereocenters. The molecule has 25 heavy (non-hydrogen) atoms. The molecule has 1 aliphatic rings. The maximum Gasteiger partial charge on any atom is 0.273 e. The Bertz CT molecular complexity index is 964. The highest BCUT2D eigenvalue weighted by Crippen LogP contribution is 2.33. The van der Waals surface area contributed by atoms with Gasteiger partial charge in [-0.25, -0.2) is 13.6 Å². The van der Waals surface area contributed by atoms with Crippen molar-refractivity contribution in [2.75, 3.05) is 6.54 Å². The van der Waals surface area contributed by atoms with Gasteiger partial charge in [-0.05, 0) is 35.6 Å². The molecule has 2 N–H and O–H groups in total. The normalized spacial score (nSPS) is 15.4. The highest BCUT2D eigenvalue weighted by Gasteiger charge is 2.38. The number of amides is 2. The van der Waals surface area contributed by atoms with E-state index >= 15 is 0 Å². The van der Waals surface area contributed by atoms with Gasteiger partial charge in [0.05, 0.1) is 10.5 Å². The number of hydrogen-bond donors (Lipinski definition) is 1. The van der Waals surface area contributed by atoms with E-state index in [9.17, 15) is 18.0 Å². The molecule has 9 heteroatoms. The Morgan fingerprint density at radius 1 is 1.08 bits per heavy atom. The SMILES string of the molecule is NS(=O)(=O)c1ccc(CCN2C(=O)C(Cl)=C(c3cccs3)C2=O)cc1. The molecule has 1 aliphatic heterocycles. The summed E-state index contributed by atoms with van der Waals surface area (Å²) in [5.41, 5.74) is 1.000. The first-order valence-corrected chi connectivity index (χ1v) is 10.0. The van der Waals surface area contributed by atoms with E-state index in [-0.39, 0.29) is 22.0 Å². The number of nitrogens with zero attached hydrogens (tertiary/aromatic N) is 1. The first-order valence-electron chi connectivity index (χ1n) is 7.20. The lowest BCUT2D eigenvalue weighted by Crippen LogP contribution is -2.33. The Kier molecular flexibility index (Phi) is 4.79. The molecule has 0 atom stereocenters. The molecule has 0 saturated carbocycles. The van der Waals surface area contributed by atoms with Crippen LogP contribution in [0.25, 0.3) is 5.57 Å². The molecule has 0 bridgehead atoms. The van der Waals surface area contributed by atoms with Crippen molar-refractivity contribution in [2.45, 2.75) is 11.3 Å². The van der Waals surface area contributed by atoms with Gasteiger partial charge >= 0.3 is 0 Å². The standard InChI is InChI=1S/C16H13ClN2O4S2/c17-14-13(12-2-1-9-24-12)15(20)19(16(14)21)8-7-10-3-5-11(6-4-10)25(18,22)23/h1-6,9H,7-8H2,(H2,18,22,23). The molecule has 0 fully saturated rings. The number of carbonyl (C=O) groups excluding carboxylic acids is 2. The van der Waals surface area contributed by atoms with E-state index in [1.807, 2.05) is 0 Å². The first-order chi connectivity index (χ1) is 11.8. The third kappa shape index (κ3) is 3.52. The lowest BCUT2D eigenvalue weighted by Gasteiger charge is -2.14. The minimum absolute atomic E-state index is 0.00858. The molecule has 2 heterocycles. The molecule has 0 aliphatic carbocycles. The fourth-order valence-electron chi connectivity index (χ4n) is 2.47. The summed E-state index contributed by atoms with van der Waals surface area (Å²) in [4.78, 5) is 26.5. The Morgan fingerprint density at radius 2 is 1.76 bits per heavy atom. The van der Waals surface area contributed by atoms with Crippen molar-refractivity contribution in [3.05, 3.63) is 57.3 Å². The van der Waals surface area contributed by atoms with Gasteiger partial charge in [0.25, 0.3) is 11.8 Å². The fourth-order valence-corrected chi connectivity index (χ4v) is 4.09. The number of halogens is 1. The van der Waals surface area contributed by atoms with E-state index in [0.29, 0.717) is 11.3 Å². The van der Waals surface area contributed by atoms with Crippen molar-refractivity contribution in [2.24, 2.45) is 5.14 Å². The molecular formula is C16H13ClN2O4S2. The summed E-state index contributed by atoms with van der Waals surface area (Å²) >= 11 is 7.40. The van der Waals surface area contributed by atoms with E-state index in [2.05, 4.69) is 0 Å². The van der Waals surface area contributed by atoms with Gasteiger partial charge in [0.15, 0.2) is 0 Å². The van der Waals surface area contributed by atoms with Crippen LogP contribution in [0.4, 0.5) is 0 Å². The van der Waals surface area contributed by atoms with Crippen LogP contribution in [0, 0.1) is 0 Å². The van der Waals surface area contributed by atoms with Gasteiger partial charge in [0.1, 0.15) is 5.03 Å². The molecule has 2 aromatic rings. The molecule has 0 spiro atoms. The summed E-state index contributed by atoms with van der Waals surface area (Å²) in [6, 6.07) is 9.49. The Balaban J connectivity index is 1.73. The summed E-state index contributed by atoms with van der Waals surface area (Å²) < 4.78 is 22.5. The summed E-state index contributed by atoms with van der Waals surface area (Å²) in [6.45, 7) is 0.150. The topological polar surface area (TPSA) is 97.5 Å². The van der Waals surface area contributed by atoms with Gasteiger partial charge in [-0.2, -0.15) is 0 Å². The number of benzene rings is 1. The number of carbonyl (C=O) groups is 2. The number of primary sulfonamides is 1. The van der Waals surface area contributed by atoms with Crippen molar-refractivity contribution < 1.29 is 18.0 Å². The highest BCUT2D eigenvalue weighted by atomic mass is 35.5. The molecule has 6 nitrogen and oxygen atoms in total. The van der Waals surface area contributed by atoms with Crippen LogP contribution in [0.2, 0.25) is 0 Å². The van der Waals surface area contributed by atoms with Gasteiger partial charge in [-0.1, -0.05) is 29.8 Å². The molecule has 1 aromatic heterocycles. The van der Waals surface area contributed by atoms with Crippen molar-refractivity contribution in [1.82, 2.24) is 4.90 Å². The molecule has 130 valence electrons. The minimum Gasteiger partial charge on any atom is -0.273 e. The van der Waals surface area contributed by atoms with Crippen LogP contribution in [0.3, 0.4) is 0 Å². The predicted octanol–water partition coefficient (Wildman–Crippen LogP) is 1.96. The molecule has 1 aromatic carbocycles. The fraction of sp³-hybridized carbons (Fsp3) is 0.125. The maximum absolute atomic E-state index is 12.5. The van der Waals surface area contributed by atoms with Crippen LogP contribution in [0.5, 0.6) is 0 Å². The number of sulfonamides is 1. The van der Waals surface area contributed by atoms with Crippen LogP contribution >= 0.6 is 22.9 Å². The lowest BCUT2D eigenvalue weighted by atomic mass is 10.1. The van der Waals surface area contributed by atoms with Gasteiger partial charge in [0.2, 0.25) is 10.0 Å². The molecule has 2 amide bonds. The second-order valence-corrected chi connectivity index (χ2v) is 8.25. The third-order valence-corrected chi connectivity index (χ3v) is 5.92. The first kappa shape index (κ1) is 17.8. The summed E-state index contributed by atoms with van der Waals surface area (Å²) in [7, 11) is -3.75. The largest absolute Gasteiger partial charge is 0.273 e. The van der Waals surface area contributed by atoms with E-state index in [4.69, 9.17) is 16.7 Å².